The first-order valence-corrected chi connectivity index (χ1v) is 11.8. The number of carbonyl (C=O) groups excluding carboxylic acids is 1. The molecule has 1 aromatic carbocycles. The highest BCUT2D eigenvalue weighted by Crippen LogP contribution is 2.29. The van der Waals surface area contributed by atoms with Crippen LogP contribution in [0.15, 0.2) is 42.7 Å². The summed E-state index contributed by atoms with van der Waals surface area (Å²) < 4.78 is 10.1. The minimum absolute atomic E-state index is 0.304. The number of ether oxygens (including phenoxy) is 1. The second-order valence-electron chi connectivity index (χ2n) is 8.42. The Bertz CT molecular complexity index is 1320. The molecule has 0 radical (unpaired) electrons. The van der Waals surface area contributed by atoms with Crippen LogP contribution in [-0.2, 0) is 28.5 Å². The van der Waals surface area contributed by atoms with E-state index in [1.165, 1.54) is 0 Å². The van der Waals surface area contributed by atoms with E-state index in [4.69, 9.17) is 9.72 Å². The van der Waals surface area contributed by atoms with Gasteiger partial charge in [0.05, 0.1) is 21.6 Å². The molecule has 0 bridgehead atoms. The molecule has 0 aliphatic heterocycles. The molecule has 0 aliphatic rings. The number of fused-ring (bicyclic) bond motifs is 1. The molecule has 0 saturated carbocycles. The Balaban J connectivity index is 1.70. The molecule has 0 spiro atoms. The van der Waals surface area contributed by atoms with E-state index in [1.807, 2.05) is 50.7 Å². The molecule has 172 valence electrons. The first kappa shape index (κ1) is 23.2. The number of aromatic nitrogens is 5. The predicted octanol–water partition coefficient (Wildman–Crippen LogP) is 4.50. The summed E-state index contributed by atoms with van der Waals surface area (Å²) in [7, 11) is 1.98. The van der Waals surface area contributed by atoms with Gasteiger partial charge in [0.25, 0.3) is 0 Å². The van der Waals surface area contributed by atoms with Gasteiger partial charge < -0.3 is 14.6 Å². The molecule has 9 heteroatoms. The molecular formula is C24H27IN6O2. The molecule has 33 heavy (non-hydrogen) atoms. The van der Waals surface area contributed by atoms with E-state index in [2.05, 4.69) is 56.2 Å². The van der Waals surface area contributed by atoms with Gasteiger partial charge in [0.15, 0.2) is 5.65 Å². The van der Waals surface area contributed by atoms with Crippen LogP contribution in [0.1, 0.15) is 37.7 Å². The number of esters is 1. The zero-order valence-corrected chi connectivity index (χ0v) is 21.5. The molecule has 0 unspecified atom stereocenters. The van der Waals surface area contributed by atoms with Gasteiger partial charge in [-0.1, -0.05) is 18.2 Å². The van der Waals surface area contributed by atoms with Gasteiger partial charge in [-0.15, -0.1) is 0 Å². The number of rotatable bonds is 7. The van der Waals surface area contributed by atoms with Crippen LogP contribution in [0.2, 0.25) is 0 Å². The number of imidazole rings is 1. The third-order valence-corrected chi connectivity index (χ3v) is 6.86. The van der Waals surface area contributed by atoms with E-state index in [9.17, 15) is 4.79 Å². The highest BCUT2D eigenvalue weighted by atomic mass is 127. The van der Waals surface area contributed by atoms with E-state index in [0.717, 1.165) is 32.0 Å². The minimum atomic E-state index is -0.895. The quantitative estimate of drug-likeness (QED) is 0.266. The standard InChI is InChI=1S/C24H27IN6O2/c1-6-33-23(32)24(3,4)18-13-19(31-22(28-18)20(25)15(2)29-31)27-14-16-8-7-9-17(12-16)21-26-10-11-30(21)5/h7-13,27H,6,14H2,1-5H3. The highest BCUT2D eigenvalue weighted by molar-refractivity contribution is 14.1. The average molecular weight is 558 g/mol. The number of carbonyl (C=O) groups is 1. The summed E-state index contributed by atoms with van der Waals surface area (Å²) in [6.45, 7) is 8.32. The molecule has 3 aromatic heterocycles. The normalized spacial score (nSPS) is 11.7. The summed E-state index contributed by atoms with van der Waals surface area (Å²) in [6, 6.07) is 10.2. The van der Waals surface area contributed by atoms with E-state index in [-0.39, 0.29) is 5.97 Å². The monoisotopic (exact) mass is 558 g/mol. The maximum Gasteiger partial charge on any atom is 0.317 e. The second-order valence-corrected chi connectivity index (χ2v) is 9.50. The van der Waals surface area contributed by atoms with Crippen LogP contribution in [0.5, 0.6) is 0 Å². The molecule has 3 heterocycles. The number of nitrogens with zero attached hydrogens (tertiary/aromatic N) is 5. The number of hydrogen-bond donors (Lipinski definition) is 1. The molecule has 0 aliphatic carbocycles. The van der Waals surface area contributed by atoms with Crippen molar-refractivity contribution in [1.29, 1.82) is 0 Å². The Morgan fingerprint density at radius 1 is 1.27 bits per heavy atom. The van der Waals surface area contributed by atoms with Gasteiger partial charge in [-0.05, 0) is 61.9 Å². The Kier molecular flexibility index (Phi) is 6.42. The fourth-order valence-corrected chi connectivity index (χ4v) is 4.07. The highest BCUT2D eigenvalue weighted by Gasteiger charge is 2.34. The lowest BCUT2D eigenvalue weighted by Crippen LogP contribution is -2.32. The van der Waals surface area contributed by atoms with Crippen molar-refractivity contribution in [1.82, 2.24) is 24.1 Å². The van der Waals surface area contributed by atoms with E-state index in [0.29, 0.717) is 24.5 Å². The number of hydrogen-bond acceptors (Lipinski definition) is 6. The van der Waals surface area contributed by atoms with Gasteiger partial charge in [-0.2, -0.15) is 9.61 Å². The Hall–Kier alpha value is -2.95. The molecule has 4 rings (SSSR count). The van der Waals surface area contributed by atoms with Crippen molar-refractivity contribution in [2.45, 2.75) is 39.7 Å². The lowest BCUT2D eigenvalue weighted by molar-refractivity contribution is -0.148. The molecule has 8 nitrogen and oxygen atoms in total. The van der Waals surface area contributed by atoms with Gasteiger partial charge in [-0.3, -0.25) is 4.79 Å². The van der Waals surface area contributed by atoms with E-state index in [1.54, 1.807) is 17.6 Å². The van der Waals surface area contributed by atoms with Crippen molar-refractivity contribution in [2.24, 2.45) is 7.05 Å². The molecule has 0 saturated heterocycles. The number of aryl methyl sites for hydroxylation is 2. The zero-order chi connectivity index (χ0) is 23.8. The summed E-state index contributed by atoms with van der Waals surface area (Å²) in [6.07, 6.45) is 3.73. The van der Waals surface area contributed by atoms with Crippen molar-refractivity contribution in [3.8, 4) is 11.4 Å². The predicted molar refractivity (Wildman–Crippen MR) is 136 cm³/mol. The van der Waals surface area contributed by atoms with Gasteiger partial charge >= 0.3 is 5.97 Å². The first-order valence-electron chi connectivity index (χ1n) is 10.8. The van der Waals surface area contributed by atoms with Crippen LogP contribution in [-0.4, -0.2) is 36.7 Å². The van der Waals surface area contributed by atoms with Crippen LogP contribution < -0.4 is 5.32 Å². The number of halogens is 1. The molecular weight excluding hydrogens is 531 g/mol. The Morgan fingerprint density at radius 2 is 2.06 bits per heavy atom. The third-order valence-electron chi connectivity index (χ3n) is 5.60. The maximum absolute atomic E-state index is 12.6. The summed E-state index contributed by atoms with van der Waals surface area (Å²) in [5.74, 6) is 1.38. The van der Waals surface area contributed by atoms with Crippen molar-refractivity contribution in [3.05, 3.63) is 63.2 Å². The molecule has 1 N–H and O–H groups in total. The summed E-state index contributed by atoms with van der Waals surface area (Å²) in [5, 5.41) is 8.15. The SMILES string of the molecule is CCOC(=O)C(C)(C)c1cc(NCc2cccc(-c3nccn3C)c2)n2nc(C)c(I)c2n1. The van der Waals surface area contributed by atoms with Crippen LogP contribution in [0.3, 0.4) is 0 Å². The smallest absolute Gasteiger partial charge is 0.317 e. The van der Waals surface area contributed by atoms with E-state index < -0.39 is 5.41 Å². The Morgan fingerprint density at radius 3 is 2.76 bits per heavy atom. The van der Waals surface area contributed by atoms with Crippen molar-refractivity contribution in [3.63, 3.8) is 0 Å². The van der Waals surface area contributed by atoms with Gasteiger partial charge in [0, 0.05) is 37.6 Å². The van der Waals surface area contributed by atoms with Crippen LogP contribution >= 0.6 is 22.6 Å². The largest absolute Gasteiger partial charge is 0.465 e. The first-order chi connectivity index (χ1) is 15.7. The lowest BCUT2D eigenvalue weighted by Gasteiger charge is -2.23. The Labute approximate surface area is 206 Å². The van der Waals surface area contributed by atoms with Crippen molar-refractivity contribution < 1.29 is 9.53 Å². The average Bonchev–Trinajstić information content (AvgIpc) is 3.35. The fraction of sp³-hybridized carbons (Fsp3) is 0.333. The van der Waals surface area contributed by atoms with Gasteiger partial charge in [0.1, 0.15) is 17.1 Å². The number of benzene rings is 1. The maximum atomic E-state index is 12.6. The minimum Gasteiger partial charge on any atom is -0.465 e. The molecule has 4 aromatic rings. The van der Waals surface area contributed by atoms with Gasteiger partial charge in [-0.25, -0.2) is 9.97 Å². The molecule has 0 atom stereocenters. The summed E-state index contributed by atoms with van der Waals surface area (Å²) >= 11 is 2.25. The molecule has 0 amide bonds. The van der Waals surface area contributed by atoms with Crippen molar-refractivity contribution in [2.75, 3.05) is 11.9 Å². The molecule has 0 fully saturated rings. The van der Waals surface area contributed by atoms with Crippen LogP contribution in [0.4, 0.5) is 5.82 Å². The number of nitrogens with one attached hydrogen (secondary N) is 1. The summed E-state index contributed by atoms with van der Waals surface area (Å²) in [4.78, 5) is 21.9. The lowest BCUT2D eigenvalue weighted by atomic mass is 9.89. The topological polar surface area (TPSA) is 86.3 Å². The van der Waals surface area contributed by atoms with Crippen LogP contribution in [0, 0.1) is 10.5 Å². The second kappa shape index (κ2) is 9.12. The zero-order valence-electron chi connectivity index (χ0n) is 19.4. The fourth-order valence-electron chi connectivity index (χ4n) is 3.62. The van der Waals surface area contributed by atoms with Crippen molar-refractivity contribution >= 4 is 40.0 Å². The summed E-state index contributed by atoms with van der Waals surface area (Å²) in [5.41, 5.74) is 3.49. The van der Waals surface area contributed by atoms with Crippen LogP contribution in [0.25, 0.3) is 17.0 Å². The van der Waals surface area contributed by atoms with Gasteiger partial charge in [0.2, 0.25) is 0 Å². The third kappa shape index (κ3) is 4.46. The van der Waals surface area contributed by atoms with E-state index >= 15 is 0 Å². The number of anilines is 1.